The minimum absolute atomic E-state index is 0.611. The molecule has 4 nitrogen and oxygen atoms in total. The van der Waals surface area contributed by atoms with Crippen molar-refractivity contribution >= 4 is 0 Å². The second-order valence-corrected chi connectivity index (χ2v) is 4.76. The maximum atomic E-state index is 5.71. The number of hydrogen-bond acceptors (Lipinski definition) is 3. The van der Waals surface area contributed by atoms with Gasteiger partial charge in [-0.25, -0.2) is 4.98 Å². The van der Waals surface area contributed by atoms with Crippen molar-refractivity contribution < 1.29 is 4.74 Å². The summed E-state index contributed by atoms with van der Waals surface area (Å²) in [5.74, 6) is 1.84. The Bertz CT molecular complexity index is 587. The molecule has 102 valence electrons. The first-order chi connectivity index (χ1) is 9.08. The number of imidazole rings is 1. The number of aromatic nitrogens is 2. The lowest BCUT2D eigenvalue weighted by molar-refractivity contribution is 0.416. The second kappa shape index (κ2) is 5.45. The molecule has 0 aliphatic rings. The van der Waals surface area contributed by atoms with Crippen molar-refractivity contribution in [3.8, 4) is 17.0 Å². The average molecular weight is 259 g/mol. The van der Waals surface area contributed by atoms with E-state index in [0.717, 1.165) is 34.9 Å². The quantitative estimate of drug-likeness (QED) is 0.916. The van der Waals surface area contributed by atoms with Crippen LogP contribution < -0.4 is 10.5 Å². The molecular weight excluding hydrogens is 238 g/mol. The Labute approximate surface area is 114 Å². The predicted octanol–water partition coefficient (Wildman–Crippen LogP) is 2.21. The smallest absolute Gasteiger partial charge is 0.128 e. The van der Waals surface area contributed by atoms with Crippen molar-refractivity contribution in [2.24, 2.45) is 12.8 Å². The van der Waals surface area contributed by atoms with Gasteiger partial charge in [-0.05, 0) is 32.5 Å². The van der Waals surface area contributed by atoms with Gasteiger partial charge >= 0.3 is 0 Å². The molecule has 4 heteroatoms. The normalized spacial score (nSPS) is 10.8. The molecule has 0 saturated heterocycles. The van der Waals surface area contributed by atoms with Crippen molar-refractivity contribution in [2.45, 2.75) is 20.3 Å². The summed E-state index contributed by atoms with van der Waals surface area (Å²) in [6.07, 6.45) is 0.809. The minimum Gasteiger partial charge on any atom is -0.496 e. The van der Waals surface area contributed by atoms with E-state index in [2.05, 4.69) is 22.5 Å². The second-order valence-electron chi connectivity index (χ2n) is 4.76. The van der Waals surface area contributed by atoms with Crippen LogP contribution in [0.3, 0.4) is 0 Å². The van der Waals surface area contributed by atoms with Crippen molar-refractivity contribution in [1.29, 1.82) is 0 Å². The van der Waals surface area contributed by atoms with Crippen LogP contribution in [-0.4, -0.2) is 23.2 Å². The highest BCUT2D eigenvalue weighted by Gasteiger charge is 2.17. The van der Waals surface area contributed by atoms with Gasteiger partial charge in [0.2, 0.25) is 0 Å². The number of nitrogens with two attached hydrogens (primary N) is 1. The third kappa shape index (κ3) is 2.49. The van der Waals surface area contributed by atoms with Crippen LogP contribution >= 0.6 is 0 Å². The van der Waals surface area contributed by atoms with Gasteiger partial charge < -0.3 is 15.0 Å². The molecule has 0 spiro atoms. The zero-order valence-corrected chi connectivity index (χ0v) is 12.0. The fourth-order valence-electron chi connectivity index (χ4n) is 2.30. The molecule has 1 aromatic carbocycles. The highest BCUT2D eigenvalue weighted by Crippen LogP contribution is 2.32. The van der Waals surface area contributed by atoms with Crippen molar-refractivity contribution in [2.75, 3.05) is 13.7 Å². The molecule has 2 aromatic rings. The molecule has 19 heavy (non-hydrogen) atoms. The van der Waals surface area contributed by atoms with Crippen molar-refractivity contribution in [1.82, 2.24) is 9.55 Å². The fraction of sp³-hybridized carbons (Fsp3) is 0.400. The van der Waals surface area contributed by atoms with Gasteiger partial charge in [0.05, 0.1) is 12.8 Å². The number of aryl methyl sites for hydroxylation is 2. The number of methoxy groups -OCH3 is 1. The summed E-state index contributed by atoms with van der Waals surface area (Å²) in [7, 11) is 3.71. The van der Waals surface area contributed by atoms with Crippen LogP contribution in [0.25, 0.3) is 11.3 Å². The van der Waals surface area contributed by atoms with Gasteiger partial charge in [-0.15, -0.1) is 0 Å². The molecule has 0 aliphatic carbocycles. The van der Waals surface area contributed by atoms with Gasteiger partial charge in [-0.2, -0.15) is 0 Å². The molecule has 0 fully saturated rings. The Kier molecular flexibility index (Phi) is 3.90. The summed E-state index contributed by atoms with van der Waals surface area (Å²) in [4.78, 5) is 4.68. The van der Waals surface area contributed by atoms with E-state index >= 15 is 0 Å². The van der Waals surface area contributed by atoms with Crippen molar-refractivity contribution in [3.63, 3.8) is 0 Å². The summed E-state index contributed by atoms with van der Waals surface area (Å²) >= 11 is 0. The molecule has 1 aromatic heterocycles. The largest absolute Gasteiger partial charge is 0.496 e. The van der Waals surface area contributed by atoms with Crippen LogP contribution in [0.4, 0.5) is 0 Å². The minimum atomic E-state index is 0.611. The number of rotatable bonds is 4. The lowest BCUT2D eigenvalue weighted by Gasteiger charge is -2.10. The number of nitrogens with zero attached hydrogens (tertiary/aromatic N) is 2. The molecule has 2 N–H and O–H groups in total. The Morgan fingerprint density at radius 3 is 2.68 bits per heavy atom. The first-order valence-electron chi connectivity index (χ1n) is 6.45. The van der Waals surface area contributed by atoms with Crippen LogP contribution in [0.2, 0.25) is 0 Å². The van der Waals surface area contributed by atoms with Gasteiger partial charge in [-0.1, -0.05) is 11.6 Å². The van der Waals surface area contributed by atoms with E-state index in [1.807, 2.05) is 26.1 Å². The first kappa shape index (κ1) is 13.6. The number of benzene rings is 1. The monoisotopic (exact) mass is 259 g/mol. The molecule has 1 heterocycles. The number of ether oxygens (including phenoxy) is 1. The zero-order chi connectivity index (χ0) is 14.0. The van der Waals surface area contributed by atoms with Crippen LogP contribution in [0.5, 0.6) is 5.75 Å². The third-order valence-electron chi connectivity index (χ3n) is 3.43. The average Bonchev–Trinajstić information content (AvgIpc) is 2.67. The lowest BCUT2D eigenvalue weighted by Crippen LogP contribution is -2.08. The molecule has 2 rings (SSSR count). The van der Waals surface area contributed by atoms with Crippen LogP contribution in [0.1, 0.15) is 17.1 Å². The maximum absolute atomic E-state index is 5.71. The molecule has 0 unspecified atom stereocenters. The van der Waals surface area contributed by atoms with E-state index in [1.54, 1.807) is 7.11 Å². The summed E-state index contributed by atoms with van der Waals surface area (Å²) in [6, 6.07) is 6.14. The van der Waals surface area contributed by atoms with Gasteiger partial charge in [0.1, 0.15) is 11.6 Å². The highest BCUT2D eigenvalue weighted by atomic mass is 16.5. The third-order valence-corrected chi connectivity index (χ3v) is 3.43. The molecular formula is C15H21N3O. The molecule has 0 atom stereocenters. The van der Waals surface area contributed by atoms with E-state index in [1.165, 1.54) is 5.56 Å². The molecule has 0 bridgehead atoms. The summed E-state index contributed by atoms with van der Waals surface area (Å²) < 4.78 is 7.56. The predicted molar refractivity (Wildman–Crippen MR) is 77.4 cm³/mol. The summed E-state index contributed by atoms with van der Waals surface area (Å²) in [5, 5.41) is 0. The SMILES string of the molecule is COc1ccc(C)cc1-c1nc(C)n(C)c1CCN. The van der Waals surface area contributed by atoms with Gasteiger partial charge in [0.15, 0.2) is 0 Å². The molecule has 0 saturated carbocycles. The molecule has 0 radical (unpaired) electrons. The lowest BCUT2D eigenvalue weighted by atomic mass is 10.0. The fourth-order valence-corrected chi connectivity index (χ4v) is 2.30. The van der Waals surface area contributed by atoms with E-state index in [4.69, 9.17) is 10.5 Å². The highest BCUT2D eigenvalue weighted by molar-refractivity contribution is 5.70. The van der Waals surface area contributed by atoms with Gasteiger partial charge in [0, 0.05) is 24.7 Å². The maximum Gasteiger partial charge on any atom is 0.128 e. The van der Waals surface area contributed by atoms with Crippen molar-refractivity contribution in [3.05, 3.63) is 35.3 Å². The zero-order valence-electron chi connectivity index (χ0n) is 12.0. The van der Waals surface area contributed by atoms with Crippen LogP contribution in [0.15, 0.2) is 18.2 Å². The van der Waals surface area contributed by atoms with E-state index in [9.17, 15) is 0 Å². The van der Waals surface area contributed by atoms with Gasteiger partial charge in [0.25, 0.3) is 0 Å². The Morgan fingerprint density at radius 2 is 2.05 bits per heavy atom. The van der Waals surface area contributed by atoms with Crippen LogP contribution in [0, 0.1) is 13.8 Å². The Balaban J connectivity index is 2.64. The molecule has 0 aliphatic heterocycles. The Morgan fingerprint density at radius 1 is 1.32 bits per heavy atom. The first-order valence-corrected chi connectivity index (χ1v) is 6.45. The topological polar surface area (TPSA) is 53.1 Å². The number of hydrogen-bond donors (Lipinski definition) is 1. The van der Waals surface area contributed by atoms with Gasteiger partial charge in [-0.3, -0.25) is 0 Å². The molecule has 0 amide bonds. The van der Waals surface area contributed by atoms with E-state index in [0.29, 0.717) is 6.54 Å². The van der Waals surface area contributed by atoms with E-state index in [-0.39, 0.29) is 0 Å². The standard InChI is InChI=1S/C15H21N3O/c1-10-5-6-14(19-4)12(9-10)15-13(7-8-16)18(3)11(2)17-15/h5-6,9H,7-8,16H2,1-4H3. The summed E-state index contributed by atoms with van der Waals surface area (Å²) in [6.45, 7) is 4.69. The Hall–Kier alpha value is -1.81. The summed E-state index contributed by atoms with van der Waals surface area (Å²) in [5.41, 5.74) is 10.1. The van der Waals surface area contributed by atoms with Crippen LogP contribution in [-0.2, 0) is 13.5 Å². The van der Waals surface area contributed by atoms with E-state index < -0.39 is 0 Å².